The third-order valence-electron chi connectivity index (χ3n) is 4.77. The molecule has 3 aliphatic rings. The van der Waals surface area contributed by atoms with E-state index < -0.39 is 0 Å². The van der Waals surface area contributed by atoms with Crippen molar-refractivity contribution in [1.29, 1.82) is 0 Å². The van der Waals surface area contributed by atoms with Crippen molar-refractivity contribution >= 4 is 0 Å². The second-order valence-electron chi connectivity index (χ2n) is 5.95. The largest absolute Gasteiger partial charge is 0.378 e. The lowest BCUT2D eigenvalue weighted by Crippen LogP contribution is -2.49. The fourth-order valence-corrected chi connectivity index (χ4v) is 3.34. The zero-order valence-corrected chi connectivity index (χ0v) is 11.8. The van der Waals surface area contributed by atoms with E-state index in [0.29, 0.717) is 12.6 Å². The summed E-state index contributed by atoms with van der Waals surface area (Å²) in [6.45, 7) is 3.90. The number of nitrogens with one attached hydrogen (secondary N) is 1. The van der Waals surface area contributed by atoms with Crippen molar-refractivity contribution in [3.8, 4) is 0 Å². The molecule has 0 radical (unpaired) electrons. The van der Waals surface area contributed by atoms with Gasteiger partial charge in [0.15, 0.2) is 5.79 Å². The molecule has 1 saturated carbocycles. The minimum atomic E-state index is -0.256. The fraction of sp³-hybridized carbons (Fsp3) is 1.00. The molecule has 3 fully saturated rings. The highest BCUT2D eigenvalue weighted by Crippen LogP contribution is 2.36. The van der Waals surface area contributed by atoms with Crippen LogP contribution in [0.1, 0.15) is 32.1 Å². The Bertz CT molecular complexity index is 288. The van der Waals surface area contributed by atoms with Crippen LogP contribution in [0.2, 0.25) is 0 Å². The molecular weight excluding hydrogens is 246 g/mol. The Morgan fingerprint density at radius 1 is 1.11 bits per heavy atom. The topological polar surface area (TPSA) is 49.0 Å². The number of rotatable bonds is 4. The van der Waals surface area contributed by atoms with Crippen LogP contribution < -0.4 is 5.32 Å². The van der Waals surface area contributed by atoms with E-state index in [0.717, 1.165) is 58.5 Å². The van der Waals surface area contributed by atoms with E-state index >= 15 is 0 Å². The third-order valence-corrected chi connectivity index (χ3v) is 4.77. The Hall–Kier alpha value is -0.200. The second kappa shape index (κ2) is 5.66. The molecule has 1 aliphatic carbocycles. The molecule has 0 amide bonds. The molecular formula is C14H25NO4. The van der Waals surface area contributed by atoms with Crippen molar-refractivity contribution in [2.24, 2.45) is 0 Å². The molecule has 110 valence electrons. The number of methoxy groups -OCH3 is 1. The fourth-order valence-electron chi connectivity index (χ4n) is 3.34. The van der Waals surface area contributed by atoms with Crippen molar-refractivity contribution in [3.05, 3.63) is 0 Å². The van der Waals surface area contributed by atoms with Gasteiger partial charge in [-0.3, -0.25) is 0 Å². The molecule has 1 unspecified atom stereocenters. The first-order valence-corrected chi connectivity index (χ1v) is 7.40. The van der Waals surface area contributed by atoms with Gasteiger partial charge in [-0.15, -0.1) is 0 Å². The Balaban J connectivity index is 1.44. The van der Waals surface area contributed by atoms with Crippen LogP contribution in [0.15, 0.2) is 0 Å². The summed E-state index contributed by atoms with van der Waals surface area (Å²) in [4.78, 5) is 0. The summed E-state index contributed by atoms with van der Waals surface area (Å²) in [7, 11) is 1.78. The van der Waals surface area contributed by atoms with Crippen molar-refractivity contribution in [1.82, 2.24) is 5.32 Å². The second-order valence-corrected chi connectivity index (χ2v) is 5.95. The average Bonchev–Trinajstić information content (AvgIpc) is 3.09. The smallest absolute Gasteiger partial charge is 0.168 e. The molecule has 19 heavy (non-hydrogen) atoms. The van der Waals surface area contributed by atoms with E-state index in [-0.39, 0.29) is 11.4 Å². The molecule has 3 rings (SSSR count). The number of hydrogen-bond donors (Lipinski definition) is 1. The van der Waals surface area contributed by atoms with Gasteiger partial charge in [-0.1, -0.05) is 0 Å². The van der Waals surface area contributed by atoms with E-state index in [1.165, 1.54) is 0 Å². The molecule has 5 nitrogen and oxygen atoms in total. The maximum atomic E-state index is 5.75. The summed E-state index contributed by atoms with van der Waals surface area (Å²) in [6.07, 6.45) is 5.21. The van der Waals surface area contributed by atoms with Gasteiger partial charge in [0.05, 0.1) is 19.8 Å². The molecule has 0 aromatic carbocycles. The standard InChI is InChI=1S/C14H25NO4/c1-16-13(6-7-17-11-13)10-15-12-2-4-14(5-3-12)18-8-9-19-14/h12,15H,2-11H2,1H3. The number of ether oxygens (including phenoxy) is 4. The molecule has 1 spiro atoms. The van der Waals surface area contributed by atoms with E-state index in [2.05, 4.69) is 5.32 Å². The first-order chi connectivity index (χ1) is 9.26. The predicted molar refractivity (Wildman–Crippen MR) is 70.1 cm³/mol. The molecule has 0 aromatic heterocycles. The predicted octanol–water partition coefficient (Wildman–Crippen LogP) is 1.07. The summed E-state index contributed by atoms with van der Waals surface area (Å²) >= 11 is 0. The maximum Gasteiger partial charge on any atom is 0.168 e. The Morgan fingerprint density at radius 3 is 2.42 bits per heavy atom. The summed E-state index contributed by atoms with van der Waals surface area (Å²) in [6, 6.07) is 0.547. The van der Waals surface area contributed by atoms with E-state index in [4.69, 9.17) is 18.9 Å². The molecule has 0 aromatic rings. The highest BCUT2D eigenvalue weighted by Gasteiger charge is 2.41. The van der Waals surface area contributed by atoms with Gasteiger partial charge >= 0.3 is 0 Å². The van der Waals surface area contributed by atoms with Crippen molar-refractivity contribution in [2.45, 2.75) is 49.5 Å². The van der Waals surface area contributed by atoms with Crippen LogP contribution in [0.5, 0.6) is 0 Å². The zero-order chi connectivity index (χ0) is 13.2. The minimum Gasteiger partial charge on any atom is -0.378 e. The SMILES string of the molecule is COC1(CNC2CCC3(CC2)OCCO3)CCOC1. The van der Waals surface area contributed by atoms with Gasteiger partial charge in [0.25, 0.3) is 0 Å². The molecule has 2 aliphatic heterocycles. The van der Waals surface area contributed by atoms with Crippen molar-refractivity contribution < 1.29 is 18.9 Å². The lowest BCUT2D eigenvalue weighted by molar-refractivity contribution is -0.179. The molecule has 1 N–H and O–H groups in total. The van der Waals surface area contributed by atoms with Crippen LogP contribution in [0.3, 0.4) is 0 Å². The van der Waals surface area contributed by atoms with Crippen LogP contribution in [0, 0.1) is 0 Å². The van der Waals surface area contributed by atoms with Gasteiger partial charge in [-0.2, -0.15) is 0 Å². The summed E-state index contributed by atoms with van der Waals surface area (Å²) in [5, 5.41) is 3.65. The Morgan fingerprint density at radius 2 is 1.84 bits per heavy atom. The van der Waals surface area contributed by atoms with Crippen LogP contribution in [-0.2, 0) is 18.9 Å². The molecule has 1 atom stereocenters. The van der Waals surface area contributed by atoms with Gasteiger partial charge in [-0.25, -0.2) is 0 Å². The van der Waals surface area contributed by atoms with Gasteiger partial charge in [0, 0.05) is 45.6 Å². The van der Waals surface area contributed by atoms with Crippen LogP contribution in [0.25, 0.3) is 0 Å². The minimum absolute atomic E-state index is 0.116. The quantitative estimate of drug-likeness (QED) is 0.829. The van der Waals surface area contributed by atoms with E-state index in [9.17, 15) is 0 Å². The van der Waals surface area contributed by atoms with Gasteiger partial charge in [0.2, 0.25) is 0 Å². The van der Waals surface area contributed by atoms with E-state index in [1.807, 2.05) is 0 Å². The number of hydrogen-bond acceptors (Lipinski definition) is 5. The first-order valence-electron chi connectivity index (χ1n) is 7.40. The Kier molecular flexibility index (Phi) is 4.10. The third kappa shape index (κ3) is 2.95. The summed E-state index contributed by atoms with van der Waals surface area (Å²) < 4.78 is 22.6. The lowest BCUT2D eigenvalue weighted by Gasteiger charge is -2.37. The highest BCUT2D eigenvalue weighted by atomic mass is 16.7. The van der Waals surface area contributed by atoms with Gasteiger partial charge in [0.1, 0.15) is 5.60 Å². The monoisotopic (exact) mass is 271 g/mol. The molecule has 2 saturated heterocycles. The van der Waals surface area contributed by atoms with Crippen LogP contribution in [0.4, 0.5) is 0 Å². The van der Waals surface area contributed by atoms with E-state index in [1.54, 1.807) is 7.11 Å². The average molecular weight is 271 g/mol. The summed E-state index contributed by atoms with van der Waals surface area (Å²) in [5.41, 5.74) is -0.116. The lowest BCUT2D eigenvalue weighted by atomic mass is 9.89. The van der Waals surface area contributed by atoms with Gasteiger partial charge in [-0.05, 0) is 12.8 Å². The molecule has 0 bridgehead atoms. The maximum absolute atomic E-state index is 5.75. The van der Waals surface area contributed by atoms with Crippen molar-refractivity contribution in [2.75, 3.05) is 40.1 Å². The van der Waals surface area contributed by atoms with Crippen LogP contribution in [-0.4, -0.2) is 57.5 Å². The normalized spacial score (nSPS) is 35.2. The Labute approximate surface area is 114 Å². The molecule has 5 heteroatoms. The highest BCUT2D eigenvalue weighted by molar-refractivity contribution is 4.91. The first kappa shape index (κ1) is 13.8. The van der Waals surface area contributed by atoms with Gasteiger partial charge < -0.3 is 24.3 Å². The van der Waals surface area contributed by atoms with Crippen molar-refractivity contribution in [3.63, 3.8) is 0 Å². The van der Waals surface area contributed by atoms with Crippen LogP contribution >= 0.6 is 0 Å². The molecule has 2 heterocycles. The zero-order valence-electron chi connectivity index (χ0n) is 11.8. The summed E-state index contributed by atoms with van der Waals surface area (Å²) in [5.74, 6) is -0.256.